The van der Waals surface area contributed by atoms with Crippen molar-refractivity contribution in [1.82, 2.24) is 0 Å². The van der Waals surface area contributed by atoms with Crippen LogP contribution in [0.1, 0.15) is 5.56 Å². The van der Waals surface area contributed by atoms with Crippen molar-refractivity contribution in [2.24, 2.45) is 0 Å². The summed E-state index contributed by atoms with van der Waals surface area (Å²) in [5, 5.41) is 0. The fourth-order valence-electron chi connectivity index (χ4n) is 1.61. The molecule has 0 atom stereocenters. The van der Waals surface area contributed by atoms with E-state index in [4.69, 9.17) is 15.2 Å². The van der Waals surface area contributed by atoms with Crippen LogP contribution in [0.5, 0.6) is 11.5 Å². The zero-order valence-electron chi connectivity index (χ0n) is 10.3. The minimum Gasteiger partial charge on any atom is -0.493 e. The number of halogens is 2. The zero-order valence-corrected chi connectivity index (χ0v) is 11.9. The summed E-state index contributed by atoms with van der Waals surface area (Å²) in [4.78, 5) is 0. The molecule has 19 heavy (non-hydrogen) atoms. The van der Waals surface area contributed by atoms with Crippen LogP contribution in [0.2, 0.25) is 0 Å². The molecule has 0 bridgehead atoms. The number of anilines is 1. The average molecular weight is 326 g/mol. The van der Waals surface area contributed by atoms with Crippen LogP contribution in [0.15, 0.2) is 40.9 Å². The van der Waals surface area contributed by atoms with Crippen molar-refractivity contribution in [3.63, 3.8) is 0 Å². The Morgan fingerprint density at radius 2 is 1.95 bits per heavy atom. The molecule has 2 rings (SSSR count). The molecule has 0 fully saturated rings. The van der Waals surface area contributed by atoms with Crippen molar-refractivity contribution in [3.05, 3.63) is 52.3 Å². The SMILES string of the molecule is COc1cc(N)ccc1OCc1cc(F)ccc1Br. The second-order valence-corrected chi connectivity index (χ2v) is 4.79. The van der Waals surface area contributed by atoms with E-state index >= 15 is 0 Å². The summed E-state index contributed by atoms with van der Waals surface area (Å²) in [6, 6.07) is 9.58. The van der Waals surface area contributed by atoms with Crippen LogP contribution in [-0.2, 0) is 6.61 Å². The van der Waals surface area contributed by atoms with Crippen molar-refractivity contribution in [1.29, 1.82) is 0 Å². The molecule has 3 nitrogen and oxygen atoms in total. The molecular formula is C14H13BrFNO2. The molecule has 0 aliphatic carbocycles. The number of benzene rings is 2. The Hall–Kier alpha value is -1.75. The highest BCUT2D eigenvalue weighted by molar-refractivity contribution is 9.10. The molecule has 0 aromatic heterocycles. The van der Waals surface area contributed by atoms with E-state index in [-0.39, 0.29) is 12.4 Å². The number of hydrogen-bond acceptors (Lipinski definition) is 3. The quantitative estimate of drug-likeness (QED) is 0.870. The molecule has 0 saturated heterocycles. The number of rotatable bonds is 4. The minimum absolute atomic E-state index is 0.235. The highest BCUT2D eigenvalue weighted by Gasteiger charge is 2.07. The van der Waals surface area contributed by atoms with E-state index in [9.17, 15) is 4.39 Å². The molecule has 0 aliphatic rings. The Bertz CT molecular complexity index is 590. The predicted molar refractivity (Wildman–Crippen MR) is 75.8 cm³/mol. The molecule has 2 N–H and O–H groups in total. The molecule has 0 amide bonds. The van der Waals surface area contributed by atoms with Gasteiger partial charge < -0.3 is 15.2 Å². The molecule has 2 aromatic rings. The van der Waals surface area contributed by atoms with Crippen LogP contribution in [0.4, 0.5) is 10.1 Å². The first-order valence-electron chi connectivity index (χ1n) is 5.60. The monoisotopic (exact) mass is 325 g/mol. The molecule has 0 aliphatic heterocycles. The molecule has 0 saturated carbocycles. The van der Waals surface area contributed by atoms with Crippen molar-refractivity contribution in [3.8, 4) is 11.5 Å². The van der Waals surface area contributed by atoms with E-state index in [1.807, 2.05) is 0 Å². The third-order valence-corrected chi connectivity index (χ3v) is 3.35. The van der Waals surface area contributed by atoms with E-state index in [2.05, 4.69) is 15.9 Å². The molecule has 0 heterocycles. The van der Waals surface area contributed by atoms with Crippen LogP contribution in [0.3, 0.4) is 0 Å². The Morgan fingerprint density at radius 3 is 2.68 bits per heavy atom. The second-order valence-electron chi connectivity index (χ2n) is 3.93. The van der Waals surface area contributed by atoms with Crippen molar-refractivity contribution < 1.29 is 13.9 Å². The van der Waals surface area contributed by atoms with Crippen molar-refractivity contribution in [2.45, 2.75) is 6.61 Å². The molecule has 0 spiro atoms. The first kappa shape index (κ1) is 13.7. The fourth-order valence-corrected chi connectivity index (χ4v) is 1.97. The van der Waals surface area contributed by atoms with Gasteiger partial charge in [-0.05, 0) is 30.3 Å². The third-order valence-electron chi connectivity index (χ3n) is 2.58. The summed E-state index contributed by atoms with van der Waals surface area (Å²) in [6.07, 6.45) is 0. The van der Waals surface area contributed by atoms with Gasteiger partial charge >= 0.3 is 0 Å². The van der Waals surface area contributed by atoms with Gasteiger partial charge in [0.2, 0.25) is 0 Å². The Labute approximate surface area is 119 Å². The molecule has 100 valence electrons. The summed E-state index contributed by atoms with van der Waals surface area (Å²) < 4.78 is 24.8. The summed E-state index contributed by atoms with van der Waals surface area (Å²) in [5.74, 6) is 0.812. The lowest BCUT2D eigenvalue weighted by molar-refractivity contribution is 0.283. The van der Waals surface area contributed by atoms with E-state index < -0.39 is 0 Å². The van der Waals surface area contributed by atoms with Crippen LogP contribution >= 0.6 is 15.9 Å². The van der Waals surface area contributed by atoms with Gasteiger partial charge in [0.05, 0.1) is 7.11 Å². The summed E-state index contributed by atoms with van der Waals surface area (Å²) in [5.41, 5.74) is 6.98. The lowest BCUT2D eigenvalue weighted by Crippen LogP contribution is -1.99. The molecule has 5 heteroatoms. The van der Waals surface area contributed by atoms with E-state index in [1.165, 1.54) is 12.1 Å². The van der Waals surface area contributed by atoms with Gasteiger partial charge in [0, 0.05) is 21.8 Å². The lowest BCUT2D eigenvalue weighted by Gasteiger charge is -2.12. The highest BCUT2D eigenvalue weighted by atomic mass is 79.9. The Balaban J connectivity index is 2.16. The summed E-state index contributed by atoms with van der Waals surface area (Å²) in [6.45, 7) is 0.235. The molecular weight excluding hydrogens is 313 g/mol. The van der Waals surface area contributed by atoms with E-state index in [1.54, 1.807) is 31.4 Å². The number of ether oxygens (including phenoxy) is 2. The fraction of sp³-hybridized carbons (Fsp3) is 0.143. The zero-order chi connectivity index (χ0) is 13.8. The van der Waals surface area contributed by atoms with Crippen molar-refractivity contribution in [2.75, 3.05) is 12.8 Å². The van der Waals surface area contributed by atoms with Gasteiger partial charge in [-0.25, -0.2) is 4.39 Å². The maximum Gasteiger partial charge on any atom is 0.162 e. The van der Waals surface area contributed by atoms with Gasteiger partial charge in [0.15, 0.2) is 11.5 Å². The smallest absolute Gasteiger partial charge is 0.162 e. The van der Waals surface area contributed by atoms with Gasteiger partial charge in [-0.1, -0.05) is 15.9 Å². The number of methoxy groups -OCH3 is 1. The normalized spacial score (nSPS) is 10.3. The first-order valence-corrected chi connectivity index (χ1v) is 6.39. The topological polar surface area (TPSA) is 44.5 Å². The summed E-state index contributed by atoms with van der Waals surface area (Å²) >= 11 is 3.35. The third kappa shape index (κ3) is 3.38. The van der Waals surface area contributed by atoms with Gasteiger partial charge in [0.25, 0.3) is 0 Å². The number of nitrogens with two attached hydrogens (primary N) is 1. The maximum absolute atomic E-state index is 13.2. The minimum atomic E-state index is -0.300. The molecule has 0 unspecified atom stereocenters. The van der Waals surface area contributed by atoms with Gasteiger partial charge in [-0.2, -0.15) is 0 Å². The average Bonchev–Trinajstić information content (AvgIpc) is 2.40. The van der Waals surface area contributed by atoms with Gasteiger partial charge in [0.1, 0.15) is 12.4 Å². The van der Waals surface area contributed by atoms with E-state index in [0.29, 0.717) is 17.2 Å². The van der Waals surface area contributed by atoms with Gasteiger partial charge in [-0.3, -0.25) is 0 Å². The van der Waals surface area contributed by atoms with Crippen LogP contribution in [0.25, 0.3) is 0 Å². The lowest BCUT2D eigenvalue weighted by atomic mass is 10.2. The largest absolute Gasteiger partial charge is 0.493 e. The first-order chi connectivity index (χ1) is 9.10. The standard InChI is InChI=1S/C14H13BrFNO2/c1-18-14-7-11(17)3-5-13(14)19-8-9-6-10(16)2-4-12(9)15/h2-7H,8,17H2,1H3. The van der Waals surface area contributed by atoms with Crippen LogP contribution in [-0.4, -0.2) is 7.11 Å². The Kier molecular flexibility index (Phi) is 4.27. The molecule has 2 aromatic carbocycles. The predicted octanol–water partition coefficient (Wildman–Crippen LogP) is 3.76. The van der Waals surface area contributed by atoms with Crippen LogP contribution in [0, 0.1) is 5.82 Å². The second kappa shape index (κ2) is 5.93. The Morgan fingerprint density at radius 1 is 1.16 bits per heavy atom. The molecule has 0 radical (unpaired) electrons. The maximum atomic E-state index is 13.2. The summed E-state index contributed by atoms with van der Waals surface area (Å²) in [7, 11) is 1.54. The number of nitrogen functional groups attached to an aromatic ring is 1. The van der Waals surface area contributed by atoms with Crippen molar-refractivity contribution >= 4 is 21.6 Å². The van der Waals surface area contributed by atoms with Gasteiger partial charge in [-0.15, -0.1) is 0 Å². The van der Waals surface area contributed by atoms with Crippen LogP contribution < -0.4 is 15.2 Å². The van der Waals surface area contributed by atoms with E-state index in [0.717, 1.165) is 10.0 Å². The number of hydrogen-bond donors (Lipinski definition) is 1. The highest BCUT2D eigenvalue weighted by Crippen LogP contribution is 2.30.